The molecule has 1 saturated heterocycles. The fourth-order valence-corrected chi connectivity index (χ4v) is 5.16. The number of nitrogens with zero attached hydrogens (tertiary/aromatic N) is 3. The molecule has 0 atom stereocenters. The zero-order valence-electron chi connectivity index (χ0n) is 15.6. The van der Waals surface area contributed by atoms with Crippen molar-refractivity contribution in [2.75, 3.05) is 20.2 Å². The number of methoxy groups -OCH3 is 1. The van der Waals surface area contributed by atoms with E-state index in [4.69, 9.17) is 9.47 Å². The molecule has 7 nitrogen and oxygen atoms in total. The second kappa shape index (κ2) is 7.28. The van der Waals surface area contributed by atoms with Crippen LogP contribution < -0.4 is 9.47 Å². The fraction of sp³-hybridized carbons (Fsp3) is 0.500. The first-order valence-corrected chi connectivity index (χ1v) is 10.1. The Bertz CT molecular complexity index is 867. The molecule has 1 aliphatic heterocycles. The van der Waals surface area contributed by atoms with E-state index in [9.17, 15) is 8.42 Å². The molecular weight excluding hydrogens is 354 g/mol. The first-order valence-electron chi connectivity index (χ1n) is 8.64. The van der Waals surface area contributed by atoms with Gasteiger partial charge in [-0.25, -0.2) is 8.42 Å². The SMILES string of the molecule is COc1ccc(OC2CCN(S(=O)(=O)c3c(C)nn(C)c3C)CC2)cc1. The monoisotopic (exact) mass is 379 g/mol. The van der Waals surface area contributed by atoms with E-state index < -0.39 is 10.0 Å². The molecule has 142 valence electrons. The van der Waals surface area contributed by atoms with Crippen molar-refractivity contribution in [1.29, 1.82) is 0 Å². The standard InChI is InChI=1S/C18H25N3O4S/c1-13-18(14(2)20(3)19-13)26(22,23)21-11-9-17(10-12-21)25-16-7-5-15(24-4)6-8-16/h5-8,17H,9-12H2,1-4H3. The molecule has 1 aromatic heterocycles. The van der Waals surface area contributed by atoms with E-state index in [1.54, 1.807) is 32.7 Å². The van der Waals surface area contributed by atoms with Crippen molar-refractivity contribution < 1.29 is 17.9 Å². The van der Waals surface area contributed by atoms with Crippen molar-refractivity contribution in [3.63, 3.8) is 0 Å². The summed E-state index contributed by atoms with van der Waals surface area (Å²) in [5.74, 6) is 1.55. The van der Waals surface area contributed by atoms with Crippen molar-refractivity contribution in [3.8, 4) is 11.5 Å². The number of rotatable bonds is 5. The molecule has 1 aromatic carbocycles. The highest BCUT2D eigenvalue weighted by atomic mass is 32.2. The van der Waals surface area contributed by atoms with Crippen LogP contribution in [0, 0.1) is 13.8 Å². The van der Waals surface area contributed by atoms with Gasteiger partial charge >= 0.3 is 0 Å². The average molecular weight is 379 g/mol. The first kappa shape index (κ1) is 18.7. The molecule has 26 heavy (non-hydrogen) atoms. The van der Waals surface area contributed by atoms with Gasteiger partial charge in [-0.1, -0.05) is 0 Å². The normalized spacial score (nSPS) is 16.6. The summed E-state index contributed by atoms with van der Waals surface area (Å²) < 4.78 is 40.3. The molecule has 0 spiro atoms. The van der Waals surface area contributed by atoms with Crippen LogP contribution >= 0.6 is 0 Å². The number of sulfonamides is 1. The summed E-state index contributed by atoms with van der Waals surface area (Å²) in [6, 6.07) is 7.43. The minimum absolute atomic E-state index is 0.00550. The number of ether oxygens (including phenoxy) is 2. The van der Waals surface area contributed by atoms with Crippen LogP contribution in [0.25, 0.3) is 0 Å². The summed E-state index contributed by atoms with van der Waals surface area (Å²) in [7, 11) is -0.147. The van der Waals surface area contributed by atoms with Gasteiger partial charge in [0, 0.05) is 20.1 Å². The third-order valence-electron chi connectivity index (χ3n) is 4.80. The maximum absolute atomic E-state index is 13.0. The number of hydrogen-bond acceptors (Lipinski definition) is 5. The smallest absolute Gasteiger partial charge is 0.246 e. The molecule has 0 saturated carbocycles. The van der Waals surface area contributed by atoms with Crippen LogP contribution in [0.3, 0.4) is 0 Å². The fourth-order valence-electron chi connectivity index (χ4n) is 3.29. The Balaban J connectivity index is 1.65. The lowest BCUT2D eigenvalue weighted by Crippen LogP contribution is -2.42. The number of hydrogen-bond donors (Lipinski definition) is 0. The second-order valence-electron chi connectivity index (χ2n) is 6.52. The minimum atomic E-state index is -3.53. The van der Waals surface area contributed by atoms with Crippen molar-refractivity contribution in [3.05, 3.63) is 35.7 Å². The van der Waals surface area contributed by atoms with Gasteiger partial charge in [0.2, 0.25) is 10.0 Å². The van der Waals surface area contributed by atoms with Crippen molar-refractivity contribution in [2.45, 2.75) is 37.7 Å². The lowest BCUT2D eigenvalue weighted by atomic mass is 10.1. The molecule has 0 N–H and O–H groups in total. The largest absolute Gasteiger partial charge is 0.497 e. The number of aromatic nitrogens is 2. The van der Waals surface area contributed by atoms with Crippen LogP contribution in [0.1, 0.15) is 24.2 Å². The predicted octanol–water partition coefficient (Wildman–Crippen LogP) is 2.28. The van der Waals surface area contributed by atoms with E-state index in [0.29, 0.717) is 42.2 Å². The van der Waals surface area contributed by atoms with Gasteiger partial charge in [-0.05, 0) is 51.0 Å². The van der Waals surface area contributed by atoms with Crippen LogP contribution in [0.4, 0.5) is 0 Å². The summed E-state index contributed by atoms with van der Waals surface area (Å²) in [5.41, 5.74) is 1.21. The molecular formula is C18H25N3O4S. The van der Waals surface area contributed by atoms with E-state index in [1.807, 2.05) is 24.3 Å². The van der Waals surface area contributed by atoms with E-state index in [1.165, 1.54) is 4.31 Å². The molecule has 0 amide bonds. The highest BCUT2D eigenvalue weighted by Gasteiger charge is 2.33. The first-order chi connectivity index (χ1) is 12.3. The zero-order valence-corrected chi connectivity index (χ0v) is 16.4. The Labute approximate surface area is 154 Å². The highest BCUT2D eigenvalue weighted by Crippen LogP contribution is 2.27. The highest BCUT2D eigenvalue weighted by molar-refractivity contribution is 7.89. The number of piperidine rings is 1. The Morgan fingerprint density at radius 2 is 1.65 bits per heavy atom. The van der Waals surface area contributed by atoms with Gasteiger partial charge in [0.1, 0.15) is 22.5 Å². The second-order valence-corrected chi connectivity index (χ2v) is 8.40. The van der Waals surface area contributed by atoms with Crippen LogP contribution in [0.5, 0.6) is 11.5 Å². The topological polar surface area (TPSA) is 73.7 Å². The molecule has 0 aliphatic carbocycles. The van der Waals surface area contributed by atoms with E-state index in [0.717, 1.165) is 11.5 Å². The van der Waals surface area contributed by atoms with Crippen LogP contribution in [-0.4, -0.2) is 48.8 Å². The third-order valence-corrected chi connectivity index (χ3v) is 6.96. The predicted molar refractivity (Wildman–Crippen MR) is 98.1 cm³/mol. The Kier molecular flexibility index (Phi) is 5.24. The van der Waals surface area contributed by atoms with Crippen molar-refractivity contribution >= 4 is 10.0 Å². The van der Waals surface area contributed by atoms with Crippen molar-refractivity contribution in [1.82, 2.24) is 14.1 Å². The Hall–Kier alpha value is -2.06. The summed E-state index contributed by atoms with van der Waals surface area (Å²) in [4.78, 5) is 0.328. The molecule has 0 bridgehead atoms. The molecule has 1 fully saturated rings. The van der Waals surface area contributed by atoms with E-state index in [2.05, 4.69) is 5.10 Å². The van der Waals surface area contributed by atoms with Crippen LogP contribution in [-0.2, 0) is 17.1 Å². The van der Waals surface area contributed by atoms with Crippen LogP contribution in [0.2, 0.25) is 0 Å². The molecule has 0 radical (unpaired) electrons. The minimum Gasteiger partial charge on any atom is -0.497 e. The van der Waals surface area contributed by atoms with Gasteiger partial charge in [0.05, 0.1) is 18.5 Å². The maximum Gasteiger partial charge on any atom is 0.246 e. The number of benzene rings is 1. The van der Waals surface area contributed by atoms with Crippen LogP contribution in [0.15, 0.2) is 29.2 Å². The van der Waals surface area contributed by atoms with Gasteiger partial charge < -0.3 is 9.47 Å². The average Bonchev–Trinajstić information content (AvgIpc) is 2.88. The van der Waals surface area contributed by atoms with Gasteiger partial charge in [0.15, 0.2) is 0 Å². The molecule has 2 aromatic rings. The van der Waals surface area contributed by atoms with Gasteiger partial charge in [0.25, 0.3) is 0 Å². The summed E-state index contributed by atoms with van der Waals surface area (Å²) in [6.45, 7) is 4.40. The van der Waals surface area contributed by atoms with Gasteiger partial charge in [-0.3, -0.25) is 4.68 Å². The lowest BCUT2D eigenvalue weighted by molar-refractivity contribution is 0.135. The number of aryl methyl sites for hydroxylation is 2. The zero-order chi connectivity index (χ0) is 18.9. The summed E-state index contributed by atoms with van der Waals surface area (Å²) in [5, 5.41) is 4.23. The molecule has 0 unspecified atom stereocenters. The van der Waals surface area contributed by atoms with Crippen molar-refractivity contribution in [2.24, 2.45) is 7.05 Å². The van der Waals surface area contributed by atoms with Gasteiger partial charge in [-0.2, -0.15) is 9.40 Å². The van der Waals surface area contributed by atoms with E-state index >= 15 is 0 Å². The summed E-state index contributed by atoms with van der Waals surface area (Å²) >= 11 is 0. The van der Waals surface area contributed by atoms with Gasteiger partial charge in [-0.15, -0.1) is 0 Å². The third kappa shape index (κ3) is 3.57. The Morgan fingerprint density at radius 3 is 2.15 bits per heavy atom. The molecule has 3 rings (SSSR count). The van der Waals surface area contributed by atoms with E-state index in [-0.39, 0.29) is 6.10 Å². The maximum atomic E-state index is 13.0. The molecule has 2 heterocycles. The quantitative estimate of drug-likeness (QED) is 0.797. The summed E-state index contributed by atoms with van der Waals surface area (Å²) in [6.07, 6.45) is 1.32. The Morgan fingerprint density at radius 1 is 1.08 bits per heavy atom. The lowest BCUT2D eigenvalue weighted by Gasteiger charge is -2.31. The molecule has 1 aliphatic rings. The molecule has 8 heteroatoms.